The molecule has 1 rings (SSSR count). The van der Waals surface area contributed by atoms with Crippen LogP contribution in [0.15, 0.2) is 18.2 Å². The Balaban J connectivity index is 3.15. The first-order chi connectivity index (χ1) is 11.3. The maximum atomic E-state index is 12.6. The maximum Gasteiger partial charge on any atom is 0.243 e. The molecule has 1 aromatic carbocycles. The number of hydrogen-bond donors (Lipinski definition) is 1. The molecule has 0 fully saturated rings. The largest absolute Gasteiger partial charge is 0.352 e. The summed E-state index contributed by atoms with van der Waals surface area (Å²) in [6.07, 6.45) is 1.62. The van der Waals surface area contributed by atoms with E-state index in [1.54, 1.807) is 23.1 Å². The summed E-state index contributed by atoms with van der Waals surface area (Å²) in [6, 6.07) is 4.70. The van der Waals surface area contributed by atoms with Crippen molar-refractivity contribution in [3.8, 4) is 0 Å². The summed E-state index contributed by atoms with van der Waals surface area (Å²) in [5.41, 5.74) is 0.668. The van der Waals surface area contributed by atoms with Crippen LogP contribution in [-0.2, 0) is 16.1 Å². The van der Waals surface area contributed by atoms with Crippen LogP contribution in [0.3, 0.4) is 0 Å². The van der Waals surface area contributed by atoms with Crippen LogP contribution >= 0.6 is 23.2 Å². The van der Waals surface area contributed by atoms with Gasteiger partial charge < -0.3 is 10.2 Å². The van der Waals surface area contributed by atoms with Gasteiger partial charge in [-0.3, -0.25) is 9.59 Å². The monoisotopic (exact) mass is 372 g/mol. The lowest BCUT2D eigenvalue weighted by Gasteiger charge is -2.31. The van der Waals surface area contributed by atoms with E-state index < -0.39 is 6.04 Å². The molecule has 0 radical (unpaired) electrons. The fourth-order valence-corrected chi connectivity index (χ4v) is 3.03. The third kappa shape index (κ3) is 5.67. The highest BCUT2D eigenvalue weighted by molar-refractivity contribution is 6.36. The minimum absolute atomic E-state index is 0.0126. The van der Waals surface area contributed by atoms with Crippen LogP contribution in [-0.4, -0.2) is 28.8 Å². The molecule has 1 aromatic rings. The van der Waals surface area contributed by atoms with Crippen LogP contribution in [0, 0.1) is 0 Å². The second kappa shape index (κ2) is 9.90. The number of carbonyl (C=O) groups excluding carboxylic acids is 2. The molecule has 6 heteroatoms. The quantitative estimate of drug-likeness (QED) is 0.733. The molecule has 0 saturated heterocycles. The number of nitrogens with zero attached hydrogens (tertiary/aromatic N) is 1. The lowest BCUT2D eigenvalue weighted by molar-refractivity contribution is -0.141. The molecule has 0 aliphatic rings. The van der Waals surface area contributed by atoms with Gasteiger partial charge in [-0.05, 0) is 38.8 Å². The third-order valence-electron chi connectivity index (χ3n) is 3.67. The van der Waals surface area contributed by atoms with Crippen LogP contribution < -0.4 is 5.32 Å². The highest BCUT2D eigenvalue weighted by Crippen LogP contribution is 2.27. The van der Waals surface area contributed by atoms with Crippen molar-refractivity contribution in [3.05, 3.63) is 33.8 Å². The average molecular weight is 373 g/mol. The van der Waals surface area contributed by atoms with Crippen molar-refractivity contribution in [1.82, 2.24) is 10.2 Å². The summed E-state index contributed by atoms with van der Waals surface area (Å²) in [7, 11) is 0. The Kier molecular flexibility index (Phi) is 8.57. The first-order valence-corrected chi connectivity index (χ1v) is 9.10. The average Bonchev–Trinajstić information content (AvgIpc) is 2.49. The lowest BCUT2D eigenvalue weighted by Crippen LogP contribution is -2.50. The molecule has 0 aliphatic carbocycles. The van der Waals surface area contributed by atoms with Gasteiger partial charge in [-0.2, -0.15) is 0 Å². The van der Waals surface area contributed by atoms with Crippen LogP contribution in [0.5, 0.6) is 0 Å². The van der Waals surface area contributed by atoms with E-state index in [9.17, 15) is 9.59 Å². The molecule has 0 heterocycles. The number of nitrogens with one attached hydrogen (secondary N) is 1. The van der Waals surface area contributed by atoms with Crippen molar-refractivity contribution < 1.29 is 9.59 Å². The topological polar surface area (TPSA) is 49.4 Å². The summed E-state index contributed by atoms with van der Waals surface area (Å²) in [5.74, 6) is -0.223. The van der Waals surface area contributed by atoms with Gasteiger partial charge in [0, 0.05) is 34.6 Å². The minimum atomic E-state index is -0.543. The van der Waals surface area contributed by atoms with Crippen molar-refractivity contribution in [1.29, 1.82) is 0 Å². The molecule has 4 nitrogen and oxygen atoms in total. The fourth-order valence-electron chi connectivity index (χ4n) is 2.51. The molecule has 0 saturated carbocycles. The van der Waals surface area contributed by atoms with Crippen LogP contribution in [0.4, 0.5) is 0 Å². The van der Waals surface area contributed by atoms with Crippen molar-refractivity contribution in [3.63, 3.8) is 0 Å². The molecule has 1 N–H and O–H groups in total. The second-order valence-electron chi connectivity index (χ2n) is 6.06. The summed E-state index contributed by atoms with van der Waals surface area (Å²) in [4.78, 5) is 26.7. The highest BCUT2D eigenvalue weighted by atomic mass is 35.5. The zero-order chi connectivity index (χ0) is 18.3. The molecular weight excluding hydrogens is 347 g/mol. The standard InChI is InChI=1S/C18H26Cl2N2O2/c1-5-8-17(23)22(16(6-2)18(24)21-12(3)4)11-13-14(19)9-7-10-15(13)20/h7,9-10,12,16H,5-6,8,11H2,1-4H3,(H,21,24)/t16-/m1/s1. The normalized spacial score (nSPS) is 12.1. The van der Waals surface area contributed by atoms with E-state index >= 15 is 0 Å². The smallest absolute Gasteiger partial charge is 0.243 e. The van der Waals surface area contributed by atoms with E-state index in [1.165, 1.54) is 0 Å². The molecular formula is C18H26Cl2N2O2. The Morgan fingerprint density at radius 2 is 1.75 bits per heavy atom. The zero-order valence-electron chi connectivity index (χ0n) is 14.7. The predicted octanol–water partition coefficient (Wildman–Crippen LogP) is 4.43. The van der Waals surface area contributed by atoms with Crippen molar-refractivity contribution in [2.45, 2.75) is 65.6 Å². The summed E-state index contributed by atoms with van der Waals surface area (Å²) in [6.45, 7) is 7.85. The molecule has 134 valence electrons. The van der Waals surface area contributed by atoms with Gasteiger partial charge in [0.05, 0.1) is 0 Å². The molecule has 2 amide bonds. The number of benzene rings is 1. The Bertz CT molecular complexity index is 556. The van der Waals surface area contributed by atoms with Gasteiger partial charge in [-0.25, -0.2) is 0 Å². The second-order valence-corrected chi connectivity index (χ2v) is 6.87. The van der Waals surface area contributed by atoms with E-state index in [1.807, 2.05) is 27.7 Å². The molecule has 0 spiro atoms. The molecule has 24 heavy (non-hydrogen) atoms. The van der Waals surface area contributed by atoms with Crippen LogP contribution in [0.2, 0.25) is 10.0 Å². The van der Waals surface area contributed by atoms with Gasteiger partial charge in [-0.15, -0.1) is 0 Å². The number of halogens is 2. The Hall–Kier alpha value is -1.26. The maximum absolute atomic E-state index is 12.6. The van der Waals surface area contributed by atoms with Crippen molar-refractivity contribution in [2.24, 2.45) is 0 Å². The van der Waals surface area contributed by atoms with E-state index in [-0.39, 0.29) is 24.4 Å². The lowest BCUT2D eigenvalue weighted by atomic mass is 10.1. The van der Waals surface area contributed by atoms with E-state index in [2.05, 4.69) is 5.32 Å². The van der Waals surface area contributed by atoms with Crippen LogP contribution in [0.1, 0.15) is 52.5 Å². The van der Waals surface area contributed by atoms with Gasteiger partial charge in [-0.1, -0.05) is 43.1 Å². The third-order valence-corrected chi connectivity index (χ3v) is 4.38. The molecule has 1 atom stereocenters. The SMILES string of the molecule is CCCC(=O)N(Cc1c(Cl)cccc1Cl)[C@H](CC)C(=O)NC(C)C. The number of rotatable bonds is 8. The first-order valence-electron chi connectivity index (χ1n) is 8.34. The van der Waals surface area contributed by atoms with E-state index in [4.69, 9.17) is 23.2 Å². The van der Waals surface area contributed by atoms with E-state index in [0.717, 1.165) is 0 Å². The fraction of sp³-hybridized carbons (Fsp3) is 0.556. The first kappa shape index (κ1) is 20.8. The molecule has 0 aliphatic heterocycles. The molecule has 0 aromatic heterocycles. The van der Waals surface area contributed by atoms with Gasteiger partial charge in [0.15, 0.2) is 0 Å². The number of hydrogen-bond acceptors (Lipinski definition) is 2. The van der Waals surface area contributed by atoms with Crippen LogP contribution in [0.25, 0.3) is 0 Å². The van der Waals surface area contributed by atoms with Gasteiger partial charge in [0.2, 0.25) is 11.8 Å². The van der Waals surface area contributed by atoms with Crippen molar-refractivity contribution in [2.75, 3.05) is 0 Å². The van der Waals surface area contributed by atoms with Gasteiger partial charge >= 0.3 is 0 Å². The summed E-state index contributed by atoms with van der Waals surface area (Å²) < 4.78 is 0. The highest BCUT2D eigenvalue weighted by Gasteiger charge is 2.29. The van der Waals surface area contributed by atoms with Crippen molar-refractivity contribution >= 4 is 35.0 Å². The van der Waals surface area contributed by atoms with E-state index in [0.29, 0.717) is 34.9 Å². The summed E-state index contributed by atoms with van der Waals surface area (Å²) in [5, 5.41) is 3.88. The Labute approximate surface area is 154 Å². The van der Waals surface area contributed by atoms with Gasteiger partial charge in [0.25, 0.3) is 0 Å². The van der Waals surface area contributed by atoms with Gasteiger partial charge in [0.1, 0.15) is 6.04 Å². The number of amides is 2. The number of carbonyl (C=O) groups is 2. The summed E-state index contributed by atoms with van der Waals surface area (Å²) >= 11 is 12.5. The molecule has 0 bridgehead atoms. The molecule has 0 unspecified atom stereocenters. The zero-order valence-corrected chi connectivity index (χ0v) is 16.2. The minimum Gasteiger partial charge on any atom is -0.352 e. The predicted molar refractivity (Wildman–Crippen MR) is 99.3 cm³/mol. The Morgan fingerprint density at radius 1 is 1.17 bits per heavy atom. The Morgan fingerprint density at radius 3 is 2.21 bits per heavy atom.